The van der Waals surface area contributed by atoms with Crippen molar-refractivity contribution < 1.29 is 14.3 Å². The molecule has 0 bridgehead atoms. The van der Waals surface area contributed by atoms with Crippen LogP contribution in [0.4, 0.5) is 0 Å². The SMILES string of the molecule is CSc1cccc(C(=O)C2(C(=O)OC(C)C)CCn3cccc32)c1. The van der Waals surface area contributed by atoms with E-state index in [9.17, 15) is 9.59 Å². The number of carbonyl (C=O) groups excluding carboxylic acids is 2. The minimum atomic E-state index is -1.25. The van der Waals surface area contributed by atoms with Crippen molar-refractivity contribution in [1.29, 1.82) is 0 Å². The van der Waals surface area contributed by atoms with Crippen molar-refractivity contribution in [3.8, 4) is 0 Å². The van der Waals surface area contributed by atoms with Crippen molar-refractivity contribution in [2.45, 2.75) is 43.2 Å². The summed E-state index contributed by atoms with van der Waals surface area (Å²) in [7, 11) is 0. The van der Waals surface area contributed by atoms with Crippen LogP contribution in [0.2, 0.25) is 0 Å². The first-order valence-corrected chi connectivity index (χ1v) is 9.27. The highest BCUT2D eigenvalue weighted by Crippen LogP contribution is 2.40. The van der Waals surface area contributed by atoms with Gasteiger partial charge in [0.1, 0.15) is 0 Å². The van der Waals surface area contributed by atoms with Gasteiger partial charge in [-0.15, -0.1) is 11.8 Å². The second kappa shape index (κ2) is 6.48. The van der Waals surface area contributed by atoms with Crippen LogP contribution in [0.5, 0.6) is 0 Å². The fourth-order valence-corrected chi connectivity index (χ4v) is 3.73. The van der Waals surface area contributed by atoms with Gasteiger partial charge in [-0.1, -0.05) is 12.1 Å². The van der Waals surface area contributed by atoms with Crippen molar-refractivity contribution in [2.24, 2.45) is 0 Å². The molecule has 0 N–H and O–H groups in total. The van der Waals surface area contributed by atoms with E-state index in [1.54, 1.807) is 31.7 Å². The number of nitrogens with zero attached hydrogens (tertiary/aromatic N) is 1. The van der Waals surface area contributed by atoms with E-state index in [4.69, 9.17) is 4.74 Å². The summed E-state index contributed by atoms with van der Waals surface area (Å²) in [6.45, 7) is 4.25. The van der Waals surface area contributed by atoms with Crippen LogP contribution in [0, 0.1) is 0 Å². The monoisotopic (exact) mass is 343 g/mol. The molecule has 1 aliphatic rings. The van der Waals surface area contributed by atoms with E-state index in [-0.39, 0.29) is 11.9 Å². The first-order chi connectivity index (χ1) is 11.5. The van der Waals surface area contributed by atoms with Gasteiger partial charge in [0.05, 0.1) is 6.10 Å². The highest BCUT2D eigenvalue weighted by atomic mass is 32.2. The number of fused-ring (bicyclic) bond motifs is 1. The minimum absolute atomic E-state index is 0.179. The molecule has 0 amide bonds. The smallest absolute Gasteiger partial charge is 0.326 e. The Kier molecular flexibility index (Phi) is 4.54. The third-order valence-corrected chi connectivity index (χ3v) is 5.13. The van der Waals surface area contributed by atoms with Crippen LogP contribution in [0.15, 0.2) is 47.5 Å². The van der Waals surface area contributed by atoms with E-state index in [0.29, 0.717) is 18.5 Å². The molecule has 1 aromatic heterocycles. The van der Waals surface area contributed by atoms with Gasteiger partial charge in [-0.2, -0.15) is 0 Å². The molecule has 126 valence electrons. The van der Waals surface area contributed by atoms with Gasteiger partial charge in [0, 0.05) is 28.9 Å². The number of hydrogen-bond donors (Lipinski definition) is 0. The highest BCUT2D eigenvalue weighted by molar-refractivity contribution is 7.98. The molecule has 5 heteroatoms. The highest BCUT2D eigenvalue weighted by Gasteiger charge is 2.53. The van der Waals surface area contributed by atoms with E-state index in [1.807, 2.05) is 47.4 Å². The summed E-state index contributed by atoms with van der Waals surface area (Å²) in [6, 6.07) is 11.2. The first kappa shape index (κ1) is 16.8. The van der Waals surface area contributed by atoms with Gasteiger partial charge >= 0.3 is 5.97 Å². The first-order valence-electron chi connectivity index (χ1n) is 8.04. The molecule has 3 rings (SSSR count). The maximum Gasteiger partial charge on any atom is 0.326 e. The molecule has 2 aromatic rings. The predicted octanol–water partition coefficient (Wildman–Crippen LogP) is 3.69. The second-order valence-electron chi connectivity index (χ2n) is 6.26. The third kappa shape index (κ3) is 2.67. The Hall–Kier alpha value is -2.01. The molecule has 0 radical (unpaired) electrons. The standard InChI is InChI=1S/C19H21NO3S/c1-13(2)23-18(22)19(9-11-20-10-5-8-16(19)20)17(21)14-6-4-7-15(12-14)24-3/h4-8,10,12-13H,9,11H2,1-3H3. The number of hydrogen-bond acceptors (Lipinski definition) is 4. The molecule has 1 unspecified atom stereocenters. The number of Topliss-reactive ketones (excluding diaryl/α,β-unsaturated/α-hetero) is 1. The molecule has 1 aliphatic heterocycles. The van der Waals surface area contributed by atoms with Gasteiger partial charge in [0.25, 0.3) is 0 Å². The predicted molar refractivity (Wildman–Crippen MR) is 94.5 cm³/mol. The zero-order chi connectivity index (χ0) is 17.3. The van der Waals surface area contributed by atoms with Crippen molar-refractivity contribution >= 4 is 23.5 Å². The second-order valence-corrected chi connectivity index (χ2v) is 7.14. The minimum Gasteiger partial charge on any atom is -0.462 e. The van der Waals surface area contributed by atoms with Crippen LogP contribution in [0.25, 0.3) is 0 Å². The van der Waals surface area contributed by atoms with Crippen LogP contribution in [0.3, 0.4) is 0 Å². The van der Waals surface area contributed by atoms with Crippen LogP contribution in [0.1, 0.15) is 36.3 Å². The Balaban J connectivity index is 2.09. The Morgan fingerprint density at radius 3 is 2.75 bits per heavy atom. The maximum atomic E-state index is 13.4. The number of aryl methyl sites for hydroxylation is 1. The molecule has 1 atom stereocenters. The van der Waals surface area contributed by atoms with E-state index >= 15 is 0 Å². The van der Waals surface area contributed by atoms with Gasteiger partial charge in [-0.05, 0) is 50.8 Å². The van der Waals surface area contributed by atoms with Gasteiger partial charge in [-0.3, -0.25) is 9.59 Å². The van der Waals surface area contributed by atoms with Crippen molar-refractivity contribution in [2.75, 3.05) is 6.26 Å². The molecule has 0 saturated carbocycles. The van der Waals surface area contributed by atoms with Gasteiger partial charge in [0.15, 0.2) is 11.2 Å². The number of ketones is 1. The fourth-order valence-electron chi connectivity index (χ4n) is 3.27. The number of aromatic nitrogens is 1. The van der Waals surface area contributed by atoms with Crippen LogP contribution >= 0.6 is 11.8 Å². The third-order valence-electron chi connectivity index (χ3n) is 4.41. The Labute approximate surface area is 146 Å². The molecule has 0 fully saturated rings. The van der Waals surface area contributed by atoms with Crippen LogP contribution < -0.4 is 0 Å². The van der Waals surface area contributed by atoms with E-state index < -0.39 is 11.4 Å². The van der Waals surface area contributed by atoms with Crippen LogP contribution in [-0.2, 0) is 21.5 Å². The molecular weight excluding hydrogens is 322 g/mol. The number of esters is 1. The quantitative estimate of drug-likeness (QED) is 0.360. The molecule has 0 saturated heterocycles. The lowest BCUT2D eigenvalue weighted by atomic mass is 9.76. The number of benzene rings is 1. The van der Waals surface area contributed by atoms with Gasteiger partial charge in [0.2, 0.25) is 0 Å². The Morgan fingerprint density at radius 2 is 2.04 bits per heavy atom. The molecule has 4 nitrogen and oxygen atoms in total. The largest absolute Gasteiger partial charge is 0.462 e. The van der Waals surface area contributed by atoms with Crippen molar-refractivity contribution in [1.82, 2.24) is 4.57 Å². The van der Waals surface area contributed by atoms with Crippen LogP contribution in [-0.4, -0.2) is 28.7 Å². The van der Waals surface area contributed by atoms with E-state index in [1.165, 1.54) is 0 Å². The Bertz CT molecular complexity index is 780. The average Bonchev–Trinajstić information content (AvgIpc) is 3.16. The molecule has 1 aromatic carbocycles. The summed E-state index contributed by atoms with van der Waals surface area (Å²) in [6.07, 6.45) is 4.05. The van der Waals surface area contributed by atoms with Gasteiger partial charge < -0.3 is 9.30 Å². The van der Waals surface area contributed by atoms with E-state index in [0.717, 1.165) is 10.6 Å². The zero-order valence-electron chi connectivity index (χ0n) is 14.1. The topological polar surface area (TPSA) is 48.3 Å². The lowest BCUT2D eigenvalue weighted by Crippen LogP contribution is -2.44. The van der Waals surface area contributed by atoms with Crippen molar-refractivity contribution in [3.05, 3.63) is 53.9 Å². The summed E-state index contributed by atoms with van der Waals surface area (Å²) >= 11 is 1.57. The summed E-state index contributed by atoms with van der Waals surface area (Å²) in [5, 5.41) is 0. The lowest BCUT2D eigenvalue weighted by molar-refractivity contribution is -0.152. The molecule has 0 aliphatic carbocycles. The molecular formula is C19H21NO3S. The average molecular weight is 343 g/mol. The number of ether oxygens (including phenoxy) is 1. The van der Waals surface area contributed by atoms with Gasteiger partial charge in [-0.25, -0.2) is 0 Å². The molecule has 2 heterocycles. The summed E-state index contributed by atoms with van der Waals surface area (Å²) in [4.78, 5) is 27.3. The zero-order valence-corrected chi connectivity index (χ0v) is 14.9. The van der Waals surface area contributed by atoms with E-state index in [2.05, 4.69) is 0 Å². The summed E-state index contributed by atoms with van der Waals surface area (Å²) < 4.78 is 7.45. The summed E-state index contributed by atoms with van der Waals surface area (Å²) in [5.41, 5.74) is 0.0371. The molecule has 0 spiro atoms. The van der Waals surface area contributed by atoms with Crippen molar-refractivity contribution in [3.63, 3.8) is 0 Å². The molecule has 24 heavy (non-hydrogen) atoms. The maximum absolute atomic E-state index is 13.4. The normalized spacial score (nSPS) is 19.3. The number of carbonyl (C=O) groups is 2. The number of thioether (sulfide) groups is 1. The summed E-state index contributed by atoms with van der Waals surface area (Å²) in [5.74, 6) is -0.629. The fraction of sp³-hybridized carbons (Fsp3) is 0.368. The lowest BCUT2D eigenvalue weighted by Gasteiger charge is -2.26. The Morgan fingerprint density at radius 1 is 1.25 bits per heavy atom. The number of rotatable bonds is 5.